The van der Waals surface area contributed by atoms with Crippen molar-refractivity contribution in [2.75, 3.05) is 11.1 Å². The standard InChI is InChI=1S/C23H20N4O2S2/c28-21(25-13-16-8-10-24-11-9-16)12-18-14-30-23(26-18)31-15-22(29)27-20-7-3-5-17-4-1-2-6-19(17)20/h1-11,14H,12-13,15H2,(H,25,28)(H,27,29). The summed E-state index contributed by atoms with van der Waals surface area (Å²) >= 11 is 2.81. The van der Waals surface area contributed by atoms with Crippen LogP contribution in [0.4, 0.5) is 5.69 Å². The number of benzene rings is 2. The van der Waals surface area contributed by atoms with Crippen LogP contribution in [-0.2, 0) is 22.6 Å². The Labute approximate surface area is 188 Å². The van der Waals surface area contributed by atoms with Gasteiger partial charge in [-0.3, -0.25) is 14.6 Å². The summed E-state index contributed by atoms with van der Waals surface area (Å²) in [6.45, 7) is 0.460. The summed E-state index contributed by atoms with van der Waals surface area (Å²) in [6, 6.07) is 17.5. The molecule has 2 N–H and O–H groups in total. The zero-order valence-electron chi connectivity index (χ0n) is 16.6. The van der Waals surface area contributed by atoms with Crippen LogP contribution in [-0.4, -0.2) is 27.5 Å². The van der Waals surface area contributed by atoms with Gasteiger partial charge >= 0.3 is 0 Å². The molecule has 2 aromatic carbocycles. The van der Waals surface area contributed by atoms with Crippen molar-refractivity contribution >= 4 is 51.4 Å². The van der Waals surface area contributed by atoms with Crippen molar-refractivity contribution in [1.82, 2.24) is 15.3 Å². The maximum atomic E-state index is 12.4. The fraction of sp³-hybridized carbons (Fsp3) is 0.130. The van der Waals surface area contributed by atoms with Gasteiger partial charge in [-0.2, -0.15) is 0 Å². The van der Waals surface area contributed by atoms with Crippen molar-refractivity contribution in [3.8, 4) is 0 Å². The van der Waals surface area contributed by atoms with Crippen LogP contribution in [0.25, 0.3) is 10.8 Å². The van der Waals surface area contributed by atoms with E-state index in [-0.39, 0.29) is 24.0 Å². The highest BCUT2D eigenvalue weighted by atomic mass is 32.2. The lowest BCUT2D eigenvalue weighted by atomic mass is 10.1. The SMILES string of the molecule is O=C(Cc1csc(SCC(=O)Nc2cccc3ccccc23)n1)NCc1ccncc1. The van der Waals surface area contributed by atoms with Gasteiger partial charge in [0.05, 0.1) is 17.9 Å². The number of aromatic nitrogens is 2. The van der Waals surface area contributed by atoms with Gasteiger partial charge < -0.3 is 10.6 Å². The van der Waals surface area contributed by atoms with Crippen molar-refractivity contribution in [3.63, 3.8) is 0 Å². The lowest BCUT2D eigenvalue weighted by molar-refractivity contribution is -0.120. The van der Waals surface area contributed by atoms with Crippen LogP contribution >= 0.6 is 23.1 Å². The van der Waals surface area contributed by atoms with Gasteiger partial charge in [0.2, 0.25) is 11.8 Å². The van der Waals surface area contributed by atoms with E-state index in [1.807, 2.05) is 60.0 Å². The maximum Gasteiger partial charge on any atom is 0.234 e. The molecule has 0 saturated heterocycles. The monoisotopic (exact) mass is 448 g/mol. The van der Waals surface area contributed by atoms with Crippen molar-refractivity contribution in [3.05, 3.63) is 83.6 Å². The summed E-state index contributed by atoms with van der Waals surface area (Å²) in [5, 5.41) is 9.80. The molecule has 4 rings (SSSR count). The molecule has 0 atom stereocenters. The summed E-state index contributed by atoms with van der Waals surface area (Å²) in [6.07, 6.45) is 3.61. The van der Waals surface area contributed by atoms with E-state index in [0.717, 1.165) is 26.4 Å². The molecular formula is C23H20N4O2S2. The molecule has 0 spiro atoms. The van der Waals surface area contributed by atoms with Gasteiger partial charge in [-0.05, 0) is 29.1 Å². The number of nitrogens with one attached hydrogen (secondary N) is 2. The van der Waals surface area contributed by atoms with E-state index in [9.17, 15) is 9.59 Å². The fourth-order valence-electron chi connectivity index (χ4n) is 3.01. The first-order valence-electron chi connectivity index (χ1n) is 9.68. The van der Waals surface area contributed by atoms with Crippen LogP contribution in [0.5, 0.6) is 0 Å². The number of hydrogen-bond donors (Lipinski definition) is 2. The number of thiazole rings is 1. The quantitative estimate of drug-likeness (QED) is 0.393. The van der Waals surface area contributed by atoms with Crippen molar-refractivity contribution in [2.45, 2.75) is 17.3 Å². The summed E-state index contributed by atoms with van der Waals surface area (Å²) < 4.78 is 0.769. The topological polar surface area (TPSA) is 84.0 Å². The second-order valence-corrected chi connectivity index (χ2v) is 8.86. The van der Waals surface area contributed by atoms with E-state index in [1.165, 1.54) is 23.1 Å². The predicted octanol–water partition coefficient (Wildman–Crippen LogP) is 4.28. The van der Waals surface area contributed by atoms with E-state index in [1.54, 1.807) is 12.4 Å². The molecule has 0 aliphatic carbocycles. The molecule has 0 fully saturated rings. The number of rotatable bonds is 8. The lowest BCUT2D eigenvalue weighted by Crippen LogP contribution is -2.24. The molecule has 31 heavy (non-hydrogen) atoms. The van der Waals surface area contributed by atoms with Gasteiger partial charge in [0, 0.05) is 35.4 Å². The second kappa shape index (κ2) is 10.2. The number of fused-ring (bicyclic) bond motifs is 1. The van der Waals surface area contributed by atoms with Crippen molar-refractivity contribution < 1.29 is 9.59 Å². The Kier molecular flexibility index (Phi) is 6.91. The fourth-order valence-corrected chi connectivity index (χ4v) is 4.66. The Morgan fingerprint density at radius 3 is 2.65 bits per heavy atom. The molecule has 0 saturated carbocycles. The Morgan fingerprint density at radius 2 is 1.77 bits per heavy atom. The van der Waals surface area contributed by atoms with Gasteiger partial charge in [-0.15, -0.1) is 11.3 Å². The summed E-state index contributed by atoms with van der Waals surface area (Å²) in [7, 11) is 0. The van der Waals surface area contributed by atoms with Crippen LogP contribution in [0.3, 0.4) is 0 Å². The molecule has 2 aromatic heterocycles. The summed E-state index contributed by atoms with van der Waals surface area (Å²) in [4.78, 5) is 33.0. The number of amides is 2. The van der Waals surface area contributed by atoms with Gasteiger partial charge in [-0.1, -0.05) is 48.2 Å². The first-order chi connectivity index (χ1) is 15.2. The number of thioether (sulfide) groups is 1. The summed E-state index contributed by atoms with van der Waals surface area (Å²) in [5.74, 6) is 0.0743. The zero-order chi connectivity index (χ0) is 21.5. The van der Waals surface area contributed by atoms with E-state index < -0.39 is 0 Å². The number of hydrogen-bond acceptors (Lipinski definition) is 6. The Balaban J connectivity index is 1.26. The molecule has 4 aromatic rings. The molecule has 156 valence electrons. The number of carbonyl (C=O) groups is 2. The minimum absolute atomic E-state index is 0.0896. The average molecular weight is 449 g/mol. The Hall–Kier alpha value is -3.23. The maximum absolute atomic E-state index is 12.4. The van der Waals surface area contributed by atoms with Gasteiger partial charge in [-0.25, -0.2) is 4.98 Å². The van der Waals surface area contributed by atoms with Crippen LogP contribution in [0.1, 0.15) is 11.3 Å². The molecule has 0 aliphatic heterocycles. The molecule has 0 unspecified atom stereocenters. The highest BCUT2D eigenvalue weighted by Crippen LogP contribution is 2.25. The average Bonchev–Trinajstić information content (AvgIpc) is 3.24. The third-order valence-corrected chi connectivity index (χ3v) is 6.57. The smallest absolute Gasteiger partial charge is 0.234 e. The van der Waals surface area contributed by atoms with Gasteiger partial charge in [0.15, 0.2) is 4.34 Å². The summed E-state index contributed by atoms with van der Waals surface area (Å²) in [5.41, 5.74) is 2.50. The van der Waals surface area contributed by atoms with Crippen molar-refractivity contribution in [2.24, 2.45) is 0 Å². The van der Waals surface area contributed by atoms with E-state index >= 15 is 0 Å². The van der Waals surface area contributed by atoms with Gasteiger partial charge in [0.1, 0.15) is 0 Å². The number of anilines is 1. The molecule has 2 amide bonds. The lowest BCUT2D eigenvalue weighted by Gasteiger charge is -2.08. The number of pyridine rings is 1. The zero-order valence-corrected chi connectivity index (χ0v) is 18.2. The molecular weight excluding hydrogens is 428 g/mol. The van der Waals surface area contributed by atoms with Gasteiger partial charge in [0.25, 0.3) is 0 Å². The normalized spacial score (nSPS) is 10.7. The van der Waals surface area contributed by atoms with Crippen molar-refractivity contribution in [1.29, 1.82) is 0 Å². The number of nitrogens with zero attached hydrogens (tertiary/aromatic N) is 2. The first kappa shape index (κ1) is 21.0. The predicted molar refractivity (Wildman–Crippen MR) is 125 cm³/mol. The largest absolute Gasteiger partial charge is 0.352 e. The van der Waals surface area contributed by atoms with E-state index in [2.05, 4.69) is 20.6 Å². The molecule has 2 heterocycles. The third kappa shape index (κ3) is 5.90. The van der Waals surface area contributed by atoms with Crippen LogP contribution in [0.15, 0.2) is 76.7 Å². The minimum Gasteiger partial charge on any atom is -0.352 e. The minimum atomic E-state index is -0.0904. The first-order valence-corrected chi connectivity index (χ1v) is 11.5. The highest BCUT2D eigenvalue weighted by Gasteiger charge is 2.11. The third-order valence-electron chi connectivity index (χ3n) is 4.50. The van der Waals surface area contributed by atoms with Crippen LogP contribution < -0.4 is 10.6 Å². The van der Waals surface area contributed by atoms with E-state index in [0.29, 0.717) is 12.2 Å². The Bertz CT molecular complexity index is 1190. The molecule has 0 bridgehead atoms. The Morgan fingerprint density at radius 1 is 0.968 bits per heavy atom. The van der Waals surface area contributed by atoms with Crippen LogP contribution in [0.2, 0.25) is 0 Å². The molecule has 6 nitrogen and oxygen atoms in total. The van der Waals surface area contributed by atoms with Crippen LogP contribution in [0, 0.1) is 0 Å². The highest BCUT2D eigenvalue weighted by molar-refractivity contribution is 8.01. The molecule has 0 radical (unpaired) electrons. The molecule has 0 aliphatic rings. The molecule has 8 heteroatoms. The van der Waals surface area contributed by atoms with E-state index in [4.69, 9.17) is 0 Å². The number of carbonyl (C=O) groups excluding carboxylic acids is 2. The second-order valence-electron chi connectivity index (χ2n) is 6.78.